The third-order valence-electron chi connectivity index (χ3n) is 3.46. The van der Waals surface area contributed by atoms with Crippen LogP contribution >= 0.6 is 0 Å². The van der Waals surface area contributed by atoms with E-state index in [1.54, 1.807) is 0 Å². The van der Waals surface area contributed by atoms with Crippen molar-refractivity contribution >= 4 is 6.09 Å². The van der Waals surface area contributed by atoms with E-state index in [4.69, 9.17) is 0 Å². The summed E-state index contributed by atoms with van der Waals surface area (Å²) in [7, 11) is 1.41. The Morgan fingerprint density at radius 1 is 1.56 bits per heavy atom. The normalized spacial score (nSPS) is 30.6. The van der Waals surface area contributed by atoms with E-state index in [1.165, 1.54) is 13.5 Å². The average Bonchev–Trinajstić information content (AvgIpc) is 2.91. The van der Waals surface area contributed by atoms with Gasteiger partial charge in [-0.15, -0.1) is 0 Å². The maximum atomic E-state index is 11.1. The lowest BCUT2D eigenvalue weighted by molar-refractivity contribution is 0.166. The van der Waals surface area contributed by atoms with Gasteiger partial charge in [0.1, 0.15) is 0 Å². The van der Waals surface area contributed by atoms with Crippen LogP contribution in [-0.4, -0.2) is 56.9 Å². The van der Waals surface area contributed by atoms with E-state index in [9.17, 15) is 4.79 Å². The van der Waals surface area contributed by atoms with E-state index in [0.29, 0.717) is 0 Å². The van der Waals surface area contributed by atoms with Crippen molar-refractivity contribution in [2.75, 3.05) is 39.8 Å². The van der Waals surface area contributed by atoms with Crippen molar-refractivity contribution in [3.05, 3.63) is 0 Å². The van der Waals surface area contributed by atoms with Gasteiger partial charge in [0.25, 0.3) is 0 Å². The molecule has 2 N–H and O–H groups in total. The summed E-state index contributed by atoms with van der Waals surface area (Å²) in [6.45, 7) is 5.51. The largest absolute Gasteiger partial charge is 0.453 e. The summed E-state index contributed by atoms with van der Waals surface area (Å²) in [5.74, 6) is 0.789. The quantitative estimate of drug-likeness (QED) is 0.714. The molecule has 2 fully saturated rings. The second-order valence-electron chi connectivity index (χ2n) is 4.74. The summed E-state index contributed by atoms with van der Waals surface area (Å²) in [6.07, 6.45) is 2.01. The molecular weight excluding hydrogens is 206 g/mol. The Morgan fingerprint density at radius 2 is 2.44 bits per heavy atom. The zero-order valence-electron chi connectivity index (χ0n) is 9.87. The molecule has 16 heavy (non-hydrogen) atoms. The highest BCUT2D eigenvalue weighted by atomic mass is 16.5. The fourth-order valence-corrected chi connectivity index (χ4v) is 2.58. The Kier molecular flexibility index (Phi) is 4.01. The van der Waals surface area contributed by atoms with Gasteiger partial charge in [-0.25, -0.2) is 4.79 Å². The van der Waals surface area contributed by atoms with E-state index in [1.807, 2.05) is 0 Å². The minimum atomic E-state index is -0.311. The van der Waals surface area contributed by atoms with Gasteiger partial charge in [-0.2, -0.15) is 0 Å². The molecular formula is C11H21N3O2. The van der Waals surface area contributed by atoms with E-state index in [0.717, 1.165) is 45.1 Å². The van der Waals surface area contributed by atoms with Gasteiger partial charge in [0.15, 0.2) is 0 Å². The Balaban J connectivity index is 1.68. The van der Waals surface area contributed by atoms with Crippen LogP contribution in [0.3, 0.4) is 0 Å². The molecule has 2 saturated heterocycles. The standard InChI is InChI=1S/C11H21N3O2/c1-16-11(15)13-10-3-5-14(8-10)7-9-2-4-12-6-9/h9-10,12H,2-8H2,1H3,(H,13,15). The van der Waals surface area contributed by atoms with E-state index in [2.05, 4.69) is 20.3 Å². The fourth-order valence-electron chi connectivity index (χ4n) is 2.58. The number of amides is 1. The van der Waals surface area contributed by atoms with Crippen LogP contribution in [0.1, 0.15) is 12.8 Å². The summed E-state index contributed by atoms with van der Waals surface area (Å²) < 4.78 is 4.60. The Morgan fingerprint density at radius 3 is 3.12 bits per heavy atom. The molecule has 0 aliphatic carbocycles. The van der Waals surface area contributed by atoms with Crippen molar-refractivity contribution in [1.29, 1.82) is 0 Å². The molecule has 2 unspecified atom stereocenters. The van der Waals surface area contributed by atoms with Crippen LogP contribution in [0.2, 0.25) is 0 Å². The van der Waals surface area contributed by atoms with Crippen LogP contribution in [0.4, 0.5) is 4.79 Å². The second-order valence-corrected chi connectivity index (χ2v) is 4.74. The predicted molar refractivity (Wildman–Crippen MR) is 61.4 cm³/mol. The summed E-state index contributed by atoms with van der Waals surface area (Å²) in [5.41, 5.74) is 0. The first kappa shape index (κ1) is 11.7. The number of nitrogens with zero attached hydrogens (tertiary/aromatic N) is 1. The number of ether oxygens (including phenoxy) is 1. The second kappa shape index (κ2) is 5.50. The molecule has 2 aliphatic heterocycles. The highest BCUT2D eigenvalue weighted by Gasteiger charge is 2.26. The number of carbonyl (C=O) groups is 1. The van der Waals surface area contributed by atoms with Crippen molar-refractivity contribution in [2.24, 2.45) is 5.92 Å². The molecule has 1 amide bonds. The van der Waals surface area contributed by atoms with Gasteiger partial charge in [0.05, 0.1) is 7.11 Å². The molecule has 92 valence electrons. The van der Waals surface area contributed by atoms with Gasteiger partial charge in [-0.3, -0.25) is 0 Å². The number of carbonyl (C=O) groups excluding carboxylic acids is 1. The molecule has 0 aromatic rings. The lowest BCUT2D eigenvalue weighted by Gasteiger charge is -2.19. The third kappa shape index (κ3) is 3.09. The predicted octanol–water partition coefficient (Wildman–Crippen LogP) is 0.0262. The van der Waals surface area contributed by atoms with Crippen molar-refractivity contribution in [3.8, 4) is 0 Å². The zero-order valence-corrected chi connectivity index (χ0v) is 9.87. The zero-order chi connectivity index (χ0) is 11.4. The molecule has 5 nitrogen and oxygen atoms in total. The summed E-state index contributed by atoms with van der Waals surface area (Å²) in [5, 5.41) is 6.25. The van der Waals surface area contributed by atoms with Crippen LogP contribution in [0, 0.1) is 5.92 Å². The minimum absolute atomic E-state index is 0.266. The third-order valence-corrected chi connectivity index (χ3v) is 3.46. The van der Waals surface area contributed by atoms with Crippen molar-refractivity contribution in [1.82, 2.24) is 15.5 Å². The maximum absolute atomic E-state index is 11.1. The highest BCUT2D eigenvalue weighted by Crippen LogP contribution is 2.15. The number of likely N-dealkylation sites (tertiary alicyclic amines) is 1. The Labute approximate surface area is 96.5 Å². The first-order valence-corrected chi connectivity index (χ1v) is 6.05. The van der Waals surface area contributed by atoms with Gasteiger partial charge in [-0.1, -0.05) is 0 Å². The molecule has 0 radical (unpaired) electrons. The van der Waals surface area contributed by atoms with Crippen LogP contribution in [0.25, 0.3) is 0 Å². The molecule has 0 aromatic carbocycles. The molecule has 0 saturated carbocycles. The summed E-state index contributed by atoms with van der Waals surface area (Å²) in [4.78, 5) is 13.5. The van der Waals surface area contributed by atoms with Crippen LogP contribution in [0.5, 0.6) is 0 Å². The van der Waals surface area contributed by atoms with Gasteiger partial charge in [0.2, 0.25) is 0 Å². The SMILES string of the molecule is COC(=O)NC1CCN(CC2CCNC2)C1. The number of methoxy groups -OCH3 is 1. The van der Waals surface area contributed by atoms with E-state index >= 15 is 0 Å². The van der Waals surface area contributed by atoms with Gasteiger partial charge in [-0.05, 0) is 31.8 Å². The highest BCUT2D eigenvalue weighted by molar-refractivity contribution is 5.67. The molecule has 0 bridgehead atoms. The number of alkyl carbamates (subject to hydrolysis) is 1. The summed E-state index contributed by atoms with van der Waals surface area (Å²) in [6, 6.07) is 0.266. The number of hydrogen-bond acceptors (Lipinski definition) is 4. The molecule has 2 atom stereocenters. The Bertz CT molecular complexity index is 241. The minimum Gasteiger partial charge on any atom is -0.453 e. The number of hydrogen-bond donors (Lipinski definition) is 2. The first-order chi connectivity index (χ1) is 7.78. The monoisotopic (exact) mass is 227 g/mol. The lowest BCUT2D eigenvalue weighted by atomic mass is 10.1. The Hall–Kier alpha value is -0.810. The van der Waals surface area contributed by atoms with E-state index < -0.39 is 0 Å². The first-order valence-electron chi connectivity index (χ1n) is 6.05. The molecule has 0 spiro atoms. The van der Waals surface area contributed by atoms with Crippen LogP contribution < -0.4 is 10.6 Å². The average molecular weight is 227 g/mol. The topological polar surface area (TPSA) is 53.6 Å². The van der Waals surface area contributed by atoms with Crippen molar-refractivity contribution in [3.63, 3.8) is 0 Å². The van der Waals surface area contributed by atoms with Gasteiger partial charge >= 0.3 is 6.09 Å². The van der Waals surface area contributed by atoms with Gasteiger partial charge in [0, 0.05) is 25.7 Å². The van der Waals surface area contributed by atoms with Crippen molar-refractivity contribution < 1.29 is 9.53 Å². The fraction of sp³-hybridized carbons (Fsp3) is 0.909. The molecule has 0 aromatic heterocycles. The van der Waals surface area contributed by atoms with Gasteiger partial charge < -0.3 is 20.3 Å². The van der Waals surface area contributed by atoms with Crippen molar-refractivity contribution in [2.45, 2.75) is 18.9 Å². The number of nitrogens with one attached hydrogen (secondary N) is 2. The molecule has 2 rings (SSSR count). The van der Waals surface area contributed by atoms with E-state index in [-0.39, 0.29) is 12.1 Å². The molecule has 2 aliphatic rings. The maximum Gasteiger partial charge on any atom is 0.407 e. The smallest absolute Gasteiger partial charge is 0.407 e. The molecule has 2 heterocycles. The molecule has 5 heteroatoms. The van der Waals surface area contributed by atoms with Crippen LogP contribution in [0.15, 0.2) is 0 Å². The lowest BCUT2D eigenvalue weighted by Crippen LogP contribution is -2.38. The summed E-state index contributed by atoms with van der Waals surface area (Å²) >= 11 is 0. The van der Waals surface area contributed by atoms with Crippen LogP contribution in [-0.2, 0) is 4.74 Å². The number of rotatable bonds is 3.